The van der Waals surface area contributed by atoms with Crippen molar-refractivity contribution in [2.24, 2.45) is 5.73 Å². The number of primary amides is 1. The van der Waals surface area contributed by atoms with Crippen LogP contribution < -0.4 is 11.3 Å². The minimum absolute atomic E-state index is 0.244. The molecule has 2 atom stereocenters. The van der Waals surface area contributed by atoms with Crippen LogP contribution in [0.4, 0.5) is 0 Å². The number of aromatic nitrogens is 3. The molecule has 0 radical (unpaired) electrons. The molecule has 0 saturated heterocycles. The second-order valence-electron chi connectivity index (χ2n) is 7.43. The van der Waals surface area contributed by atoms with Crippen molar-refractivity contribution in [1.29, 1.82) is 0 Å². The van der Waals surface area contributed by atoms with Gasteiger partial charge in [-0.25, -0.2) is 13.1 Å². The molecule has 9 nitrogen and oxygen atoms in total. The lowest BCUT2D eigenvalue weighted by molar-refractivity contribution is -0.123. The number of amides is 1. The molecule has 2 unspecified atom stereocenters. The molecule has 0 spiro atoms. The fourth-order valence-corrected chi connectivity index (χ4v) is 3.99. The summed E-state index contributed by atoms with van der Waals surface area (Å²) in [5.41, 5.74) is 7.93. The third-order valence-corrected chi connectivity index (χ3v) is 7.36. The van der Waals surface area contributed by atoms with Crippen molar-refractivity contribution in [3.63, 3.8) is 0 Å². The van der Waals surface area contributed by atoms with Gasteiger partial charge < -0.3 is 10.8 Å². The van der Waals surface area contributed by atoms with Gasteiger partial charge >= 0.3 is 0 Å². The average Bonchev–Trinajstić information content (AvgIpc) is 2.68. The maximum absolute atomic E-state index is 12.8. The monoisotopic (exact) mass is 430 g/mol. The molecule has 3 aromatic rings. The summed E-state index contributed by atoms with van der Waals surface area (Å²) in [6.07, 6.45) is -0.996. The molecule has 0 aliphatic carbocycles. The zero-order valence-corrected chi connectivity index (χ0v) is 17.5. The molecule has 3 rings (SSSR count). The summed E-state index contributed by atoms with van der Waals surface area (Å²) in [5.74, 6) is -1.22. The van der Waals surface area contributed by atoms with Gasteiger partial charge in [-0.3, -0.25) is 9.59 Å². The number of carbonyl (C=O) groups excluding carboxylic acids is 1. The van der Waals surface area contributed by atoms with Crippen molar-refractivity contribution in [3.05, 3.63) is 58.4 Å². The summed E-state index contributed by atoms with van der Waals surface area (Å²) in [6, 6.07) is 12.9. The number of sulfone groups is 1. The summed E-state index contributed by atoms with van der Waals surface area (Å²) in [6.45, 7) is 2.44. The van der Waals surface area contributed by atoms with Crippen LogP contribution in [-0.2, 0) is 21.2 Å². The summed E-state index contributed by atoms with van der Waals surface area (Å²) in [7, 11) is -4.07. The molecular formula is C20H22N4O5S. The first-order chi connectivity index (χ1) is 13.9. The van der Waals surface area contributed by atoms with E-state index in [1.165, 1.54) is 0 Å². The van der Waals surface area contributed by atoms with E-state index in [4.69, 9.17) is 5.73 Å². The number of hydrogen-bond acceptors (Lipinski definition) is 7. The maximum atomic E-state index is 12.8. The molecule has 1 aromatic heterocycles. The Morgan fingerprint density at radius 2 is 1.80 bits per heavy atom. The number of nitrogens with two attached hydrogens (primary N) is 1. The number of aliphatic hydroxyl groups excluding tert-OH is 1. The van der Waals surface area contributed by atoms with E-state index in [1.807, 2.05) is 31.2 Å². The van der Waals surface area contributed by atoms with E-state index in [-0.39, 0.29) is 5.39 Å². The highest BCUT2D eigenvalue weighted by molar-refractivity contribution is 7.92. The van der Waals surface area contributed by atoms with Crippen LogP contribution in [0.3, 0.4) is 0 Å². The number of benzene rings is 2. The number of hydrogen-bond donors (Lipinski definition) is 2. The Morgan fingerprint density at radius 3 is 2.37 bits per heavy atom. The smallest absolute Gasteiger partial charge is 0.277 e. The predicted molar refractivity (Wildman–Crippen MR) is 112 cm³/mol. The van der Waals surface area contributed by atoms with Crippen molar-refractivity contribution in [2.45, 2.75) is 31.2 Å². The Kier molecular flexibility index (Phi) is 5.48. The fourth-order valence-electron chi connectivity index (χ4n) is 3.05. The molecule has 0 aliphatic rings. The van der Waals surface area contributed by atoms with E-state index in [1.54, 1.807) is 18.2 Å². The molecule has 0 aliphatic heterocycles. The number of carbonyl (C=O) groups is 1. The van der Waals surface area contributed by atoms with Gasteiger partial charge in [0.2, 0.25) is 5.91 Å². The Morgan fingerprint density at radius 1 is 1.20 bits per heavy atom. The van der Waals surface area contributed by atoms with Crippen molar-refractivity contribution >= 4 is 26.6 Å². The minimum Gasteiger partial charge on any atom is -0.389 e. The molecule has 10 heteroatoms. The highest BCUT2D eigenvalue weighted by atomic mass is 32.2. The summed E-state index contributed by atoms with van der Waals surface area (Å²) in [4.78, 5) is 24.5. The van der Waals surface area contributed by atoms with Crippen molar-refractivity contribution in [1.82, 2.24) is 15.0 Å². The molecule has 0 fully saturated rings. The number of nitrogens with zero attached hydrogens (tertiary/aromatic N) is 3. The van der Waals surface area contributed by atoms with Crippen molar-refractivity contribution < 1.29 is 18.3 Å². The predicted octanol–water partition coefficient (Wildman–Crippen LogP) is 0.416. The first-order valence-corrected chi connectivity index (χ1v) is 11.0. The van der Waals surface area contributed by atoms with Gasteiger partial charge in [-0.05, 0) is 37.1 Å². The third kappa shape index (κ3) is 3.71. The zero-order chi connectivity index (χ0) is 22.3. The van der Waals surface area contributed by atoms with Crippen LogP contribution in [0.25, 0.3) is 22.0 Å². The lowest BCUT2D eigenvalue weighted by atomic mass is 10.0. The maximum Gasteiger partial charge on any atom is 0.277 e. The van der Waals surface area contributed by atoms with Crippen LogP contribution in [-0.4, -0.2) is 51.5 Å². The van der Waals surface area contributed by atoms with E-state index in [2.05, 4.69) is 10.3 Å². The average molecular weight is 430 g/mol. The quantitative estimate of drug-likeness (QED) is 0.576. The molecule has 1 amide bonds. The molecular weight excluding hydrogens is 408 g/mol. The van der Waals surface area contributed by atoms with Crippen LogP contribution in [0, 0.1) is 6.92 Å². The van der Waals surface area contributed by atoms with Crippen molar-refractivity contribution in [3.8, 4) is 11.1 Å². The van der Waals surface area contributed by atoms with Crippen LogP contribution in [0.2, 0.25) is 0 Å². The molecule has 30 heavy (non-hydrogen) atoms. The van der Waals surface area contributed by atoms with E-state index in [0.29, 0.717) is 5.52 Å². The van der Waals surface area contributed by atoms with E-state index >= 15 is 0 Å². The minimum atomic E-state index is -4.07. The highest BCUT2D eigenvalue weighted by Crippen LogP contribution is 2.24. The second-order valence-corrected chi connectivity index (χ2v) is 9.83. The van der Waals surface area contributed by atoms with Gasteiger partial charge in [-0.1, -0.05) is 41.1 Å². The van der Waals surface area contributed by atoms with Crippen LogP contribution >= 0.6 is 0 Å². The molecule has 2 aromatic carbocycles. The van der Waals surface area contributed by atoms with Gasteiger partial charge in [0, 0.05) is 6.26 Å². The topological polar surface area (TPSA) is 145 Å². The molecule has 3 N–H and O–H groups in total. The first kappa shape index (κ1) is 21.6. The van der Waals surface area contributed by atoms with Crippen LogP contribution in [0.5, 0.6) is 0 Å². The Labute approximate surface area is 173 Å². The molecule has 158 valence electrons. The molecule has 0 saturated carbocycles. The molecule has 0 bridgehead atoms. The van der Waals surface area contributed by atoms with Gasteiger partial charge in [0.05, 0.1) is 11.9 Å². The normalized spacial score (nSPS) is 14.9. The van der Waals surface area contributed by atoms with Crippen LogP contribution in [0.1, 0.15) is 12.5 Å². The highest BCUT2D eigenvalue weighted by Gasteiger charge is 2.49. The molecule has 1 heterocycles. The largest absolute Gasteiger partial charge is 0.389 e. The zero-order valence-electron chi connectivity index (χ0n) is 16.7. The SMILES string of the molecule is Cc1ccc(-c2ccc3c(=O)n(CC(O)C(C)(C(N)=O)S(C)(=O)=O)nnc3c2)cc1. The lowest BCUT2D eigenvalue weighted by Gasteiger charge is -2.29. The standard InChI is InChI=1S/C20H22N4O5S/c1-12-4-6-13(7-5-12)14-8-9-15-16(10-14)22-23-24(18(15)26)11-17(25)20(2,19(21)27)30(3,28)29/h4-10,17,25H,11H2,1-3H3,(H2,21,27). The van der Waals surface area contributed by atoms with Gasteiger partial charge in [0.25, 0.3) is 5.56 Å². The fraction of sp³-hybridized carbons (Fsp3) is 0.300. The van der Waals surface area contributed by atoms with Crippen molar-refractivity contribution in [2.75, 3.05) is 6.26 Å². The van der Waals surface area contributed by atoms with Gasteiger partial charge in [-0.2, -0.15) is 0 Å². The van der Waals surface area contributed by atoms with E-state index in [0.717, 1.165) is 34.6 Å². The Balaban J connectivity index is 2.00. The van der Waals surface area contributed by atoms with Gasteiger partial charge in [0.1, 0.15) is 11.6 Å². The van der Waals surface area contributed by atoms with E-state index < -0.39 is 38.7 Å². The Hall–Kier alpha value is -3.11. The van der Waals surface area contributed by atoms with E-state index in [9.17, 15) is 23.1 Å². The summed E-state index contributed by atoms with van der Waals surface area (Å²) in [5, 5.41) is 18.5. The summed E-state index contributed by atoms with van der Waals surface area (Å²) >= 11 is 0. The van der Waals surface area contributed by atoms with Crippen LogP contribution in [0.15, 0.2) is 47.3 Å². The third-order valence-electron chi connectivity index (χ3n) is 5.35. The number of aryl methyl sites for hydroxylation is 1. The number of rotatable bonds is 6. The lowest BCUT2D eigenvalue weighted by Crippen LogP contribution is -2.57. The van der Waals surface area contributed by atoms with Gasteiger partial charge in [-0.15, -0.1) is 5.10 Å². The second kappa shape index (κ2) is 7.62. The first-order valence-electron chi connectivity index (χ1n) is 9.07. The van der Waals surface area contributed by atoms with Gasteiger partial charge in [0.15, 0.2) is 14.6 Å². The summed E-state index contributed by atoms with van der Waals surface area (Å²) < 4.78 is 22.6. The number of aliphatic hydroxyl groups is 1. The number of fused-ring (bicyclic) bond motifs is 1. The Bertz CT molecular complexity index is 1280.